The van der Waals surface area contributed by atoms with Gasteiger partial charge >= 0.3 is 5.97 Å². The van der Waals surface area contributed by atoms with E-state index >= 15 is 0 Å². The number of halogens is 1. The Hall–Kier alpha value is -5.84. The molecule has 0 aliphatic carbocycles. The lowest BCUT2D eigenvalue weighted by molar-refractivity contribution is -0.142. The second-order valence-electron chi connectivity index (χ2n) is 17.8. The lowest BCUT2D eigenvalue weighted by Crippen LogP contribution is -2.60. The third-order valence-corrected chi connectivity index (χ3v) is 14.3. The molecule has 2 aromatic carbocycles. The van der Waals surface area contributed by atoms with Crippen molar-refractivity contribution in [3.63, 3.8) is 0 Å². The summed E-state index contributed by atoms with van der Waals surface area (Å²) in [6.45, 7) is 6.77. The molecule has 3 heterocycles. The Labute approximate surface area is 412 Å². The number of benzene rings is 2. The Balaban J connectivity index is 1.48. The van der Waals surface area contributed by atoms with E-state index < -0.39 is 108 Å². The summed E-state index contributed by atoms with van der Waals surface area (Å²) in [7, 11) is 2.45. The van der Waals surface area contributed by atoms with Crippen LogP contribution >= 0.6 is 33.2 Å². The molecule has 2 fully saturated rings. The Morgan fingerprint density at radius 3 is 2.19 bits per heavy atom. The van der Waals surface area contributed by atoms with Crippen LogP contribution in [-0.4, -0.2) is 144 Å². The molecule has 23 heteroatoms. The number of hydrogen-bond acceptors (Lipinski definition) is 13. The van der Waals surface area contributed by atoms with E-state index in [2.05, 4.69) is 41.9 Å². The Morgan fingerprint density at radius 1 is 0.855 bits per heavy atom. The topological polar surface area (TPSA) is 301 Å². The van der Waals surface area contributed by atoms with Gasteiger partial charge in [-0.25, -0.2) is 4.98 Å². The number of aliphatic carboxylic acids is 1. The van der Waals surface area contributed by atoms with Crippen LogP contribution in [0.1, 0.15) is 63.8 Å². The van der Waals surface area contributed by atoms with Crippen molar-refractivity contribution in [2.45, 2.75) is 115 Å². The van der Waals surface area contributed by atoms with E-state index in [4.69, 9.17) is 11.6 Å². The van der Waals surface area contributed by atoms with Gasteiger partial charge < -0.3 is 57.1 Å². The first-order valence-corrected chi connectivity index (χ1v) is 25.4. The highest BCUT2D eigenvalue weighted by Crippen LogP contribution is 2.27. The molecule has 0 spiro atoms. The van der Waals surface area contributed by atoms with Gasteiger partial charge in [-0.3, -0.25) is 38.4 Å². The molecule has 374 valence electrons. The quantitative estimate of drug-likeness (QED) is 0.102. The Kier molecular flexibility index (Phi) is 20.1. The highest BCUT2D eigenvalue weighted by molar-refractivity contribution is 8.76. The molecule has 0 bridgehead atoms. The molecule has 10 N–H and O–H groups in total. The van der Waals surface area contributed by atoms with Crippen molar-refractivity contribution < 1.29 is 53.7 Å². The fraction of sp³-hybridized carbons (Fsp3) is 0.500. The number of rotatable bonds is 14. The predicted molar refractivity (Wildman–Crippen MR) is 258 cm³/mol. The average Bonchev–Trinajstić information content (AvgIpc) is 3.96. The van der Waals surface area contributed by atoms with Crippen molar-refractivity contribution in [2.24, 2.45) is 11.8 Å². The number of nitrogens with one attached hydrogen (secondary N) is 7. The summed E-state index contributed by atoms with van der Waals surface area (Å²) >= 11 is 6.18. The fourth-order valence-electron chi connectivity index (χ4n) is 7.83. The van der Waals surface area contributed by atoms with Crippen LogP contribution in [0.15, 0.2) is 61.1 Å². The molecule has 0 radical (unpaired) electrons. The van der Waals surface area contributed by atoms with Gasteiger partial charge in [-0.15, -0.1) is 0 Å². The number of phenolic OH excluding ortho intramolecular Hbond substituents is 1. The maximum absolute atomic E-state index is 14.7. The molecule has 2 saturated heterocycles. The first kappa shape index (κ1) is 54.1. The number of aromatic nitrogens is 2. The molecular weight excluding hydrogens is 954 g/mol. The van der Waals surface area contributed by atoms with E-state index in [1.807, 2.05) is 44.2 Å². The minimum Gasteiger partial charge on any atom is -0.506 e. The number of phenols is 1. The van der Waals surface area contributed by atoms with Crippen LogP contribution in [0.3, 0.4) is 0 Å². The zero-order chi connectivity index (χ0) is 50.4. The number of carboxylic acid groups (broad SMARTS) is 1. The molecule has 0 saturated carbocycles. The first-order chi connectivity index (χ1) is 32.8. The predicted octanol–water partition coefficient (Wildman–Crippen LogP) is 1.24. The number of amides is 7. The SMILES string of the molecule is CC(C)C[C@@H]1NC(=O)[C@H](CC(=O)O)NC(=O)[C@H](Cc2ccc(O)c(Cl)c2)NC(=O)C2CC(O)CN2C(=O)[C@@H](NC(=O)[C@H](Cc2cnc[nH]2)NC(=O)[C@@H](C)Cc2ccccc2)CSSC[C@@H](C)NC1=O. The highest BCUT2D eigenvalue weighted by Gasteiger charge is 2.43. The summed E-state index contributed by atoms with van der Waals surface area (Å²) in [4.78, 5) is 119. The zero-order valence-corrected chi connectivity index (χ0v) is 41.0. The number of carbonyl (C=O) groups excluding carboxylic acids is 7. The number of H-pyrrole nitrogens is 1. The monoisotopic (exact) mass is 1010 g/mol. The van der Waals surface area contributed by atoms with Crippen molar-refractivity contribution in [3.8, 4) is 5.75 Å². The molecular formula is C46H60ClN9O11S2. The zero-order valence-electron chi connectivity index (χ0n) is 38.6. The minimum absolute atomic E-state index is 0.0234. The summed E-state index contributed by atoms with van der Waals surface area (Å²) in [6.07, 6.45) is 0.764. The first-order valence-electron chi connectivity index (χ1n) is 22.5. The average molecular weight is 1010 g/mol. The minimum atomic E-state index is -1.72. The molecule has 5 rings (SSSR count). The van der Waals surface area contributed by atoms with Crippen molar-refractivity contribution in [1.82, 2.24) is 46.8 Å². The van der Waals surface area contributed by atoms with Gasteiger partial charge in [0.05, 0.1) is 23.9 Å². The Morgan fingerprint density at radius 2 is 1.52 bits per heavy atom. The lowest BCUT2D eigenvalue weighted by atomic mass is 9.99. The largest absolute Gasteiger partial charge is 0.506 e. The van der Waals surface area contributed by atoms with Gasteiger partial charge in [0.1, 0.15) is 42.0 Å². The van der Waals surface area contributed by atoms with Gasteiger partial charge in [0.2, 0.25) is 41.4 Å². The normalized spacial score (nSPS) is 24.2. The number of aliphatic hydroxyl groups is 1. The third kappa shape index (κ3) is 16.4. The van der Waals surface area contributed by atoms with E-state index in [-0.39, 0.29) is 60.4 Å². The number of fused-ring (bicyclic) bond motifs is 1. The van der Waals surface area contributed by atoms with Gasteiger partial charge in [-0.1, -0.05) is 90.4 Å². The number of nitrogens with zero attached hydrogens (tertiary/aromatic N) is 2. The summed E-state index contributed by atoms with van der Waals surface area (Å²) < 4.78 is 0. The summed E-state index contributed by atoms with van der Waals surface area (Å²) in [5.41, 5.74) is 1.77. The van der Waals surface area contributed by atoms with Crippen molar-refractivity contribution in [3.05, 3.63) is 82.9 Å². The maximum atomic E-state index is 14.7. The molecule has 20 nitrogen and oxygen atoms in total. The van der Waals surface area contributed by atoms with E-state index in [1.165, 1.54) is 52.3 Å². The number of aliphatic hydroxyl groups excluding tert-OH is 1. The van der Waals surface area contributed by atoms with Crippen LogP contribution in [0.25, 0.3) is 0 Å². The molecule has 7 amide bonds. The van der Waals surface area contributed by atoms with Crippen molar-refractivity contribution in [1.29, 1.82) is 0 Å². The van der Waals surface area contributed by atoms with Gasteiger partial charge in [-0.2, -0.15) is 0 Å². The second-order valence-corrected chi connectivity index (χ2v) is 20.7. The van der Waals surface area contributed by atoms with Crippen LogP contribution in [0.4, 0.5) is 0 Å². The number of carboxylic acids is 1. The van der Waals surface area contributed by atoms with E-state index in [0.717, 1.165) is 10.5 Å². The standard InChI is InChI=1S/C46H60ClN9O11S2/c1-24(2)12-32-41(62)50-26(4)21-68-69-22-36(55-43(64)34(16-29-19-48-23-49-29)51-40(61)25(3)13-27-8-6-5-7-9-27)46(67)56-20-30(57)17-37(56)45(66)54-33(15-28-10-11-38(58)31(47)14-28)42(63)53-35(18-39(59)60)44(65)52-32/h5-11,14,19,23-26,30,32-37,57-58H,12-13,15-18,20-22H2,1-4H3,(H,48,49)(H,50,62)(H,51,61)(H,52,65)(H,53,63)(H,54,66)(H,55,64)(H,59,60)/t25-,26+,30?,32-,33-,34-,35-,36-,37?/m0/s1. The fourth-order valence-corrected chi connectivity index (χ4v) is 10.5. The molecule has 3 aromatic rings. The molecule has 2 aliphatic heterocycles. The van der Waals surface area contributed by atoms with Crippen molar-refractivity contribution in [2.75, 3.05) is 18.1 Å². The number of carbonyl (C=O) groups is 8. The van der Waals surface area contributed by atoms with Crippen LogP contribution in [0, 0.1) is 11.8 Å². The highest BCUT2D eigenvalue weighted by atomic mass is 35.5. The van der Waals surface area contributed by atoms with E-state index in [1.54, 1.807) is 13.8 Å². The van der Waals surface area contributed by atoms with Gasteiger partial charge in [-0.05, 0) is 48.9 Å². The lowest BCUT2D eigenvalue weighted by Gasteiger charge is -2.31. The summed E-state index contributed by atoms with van der Waals surface area (Å²) in [5, 5.41) is 46.9. The number of imidazole rings is 1. The number of aromatic hydroxyl groups is 1. The molecule has 9 atom stereocenters. The molecule has 2 aliphatic rings. The van der Waals surface area contributed by atoms with Crippen LogP contribution in [0.5, 0.6) is 5.75 Å². The van der Waals surface area contributed by atoms with Gasteiger partial charge in [0.25, 0.3) is 0 Å². The maximum Gasteiger partial charge on any atom is 0.305 e. The second kappa shape index (κ2) is 25.7. The van der Waals surface area contributed by atoms with Gasteiger partial charge in [0.15, 0.2) is 0 Å². The van der Waals surface area contributed by atoms with Gasteiger partial charge in [0, 0.05) is 61.2 Å². The van der Waals surface area contributed by atoms with Crippen LogP contribution in [0.2, 0.25) is 5.02 Å². The van der Waals surface area contributed by atoms with Crippen LogP contribution in [-0.2, 0) is 57.6 Å². The molecule has 2 unspecified atom stereocenters. The Bertz CT molecular complexity index is 2290. The molecule has 1 aromatic heterocycles. The molecule has 69 heavy (non-hydrogen) atoms. The number of hydrogen-bond donors (Lipinski definition) is 10. The van der Waals surface area contributed by atoms with E-state index in [0.29, 0.717) is 17.7 Å². The van der Waals surface area contributed by atoms with E-state index in [9.17, 15) is 53.7 Å². The summed E-state index contributed by atoms with van der Waals surface area (Å²) in [6, 6.07) is 4.55. The van der Waals surface area contributed by atoms with Crippen LogP contribution < -0.4 is 31.9 Å². The number of aromatic amines is 1. The van der Waals surface area contributed by atoms with Crippen molar-refractivity contribution >= 4 is 80.5 Å². The smallest absolute Gasteiger partial charge is 0.305 e. The third-order valence-electron chi connectivity index (χ3n) is 11.4. The summed E-state index contributed by atoms with van der Waals surface area (Å²) in [5.74, 6) is -7.51.